The van der Waals surface area contributed by atoms with Gasteiger partial charge in [0.2, 0.25) is 0 Å². The van der Waals surface area contributed by atoms with E-state index in [1.54, 1.807) is 44.2 Å². The molecular formula is C24H30FO7PS. The number of benzene rings is 2. The van der Waals surface area contributed by atoms with Crippen LogP contribution in [0.2, 0.25) is 0 Å². The molecule has 0 radical (unpaired) electrons. The molecule has 10 heteroatoms. The largest absolute Gasteiger partial charge is 0.450 e. The summed E-state index contributed by atoms with van der Waals surface area (Å²) in [5, 5.41) is 0. The molecule has 1 saturated heterocycles. The number of esters is 1. The fraction of sp³-hybridized carbons (Fsp3) is 0.458. The smallest absolute Gasteiger partial charge is 0.343 e. The molecule has 0 aromatic heterocycles. The van der Waals surface area contributed by atoms with Crippen LogP contribution in [0.5, 0.6) is 0 Å². The van der Waals surface area contributed by atoms with Crippen molar-refractivity contribution in [2.45, 2.75) is 54.8 Å². The maximum absolute atomic E-state index is 15.6. The summed E-state index contributed by atoms with van der Waals surface area (Å²) >= 11 is 1.28. The van der Waals surface area contributed by atoms with E-state index in [4.69, 9.17) is 23.3 Å². The molecule has 1 aliphatic heterocycles. The zero-order valence-corrected chi connectivity index (χ0v) is 21.1. The lowest BCUT2D eigenvalue weighted by atomic mass is 10.1. The lowest BCUT2D eigenvalue weighted by Crippen LogP contribution is -2.35. The summed E-state index contributed by atoms with van der Waals surface area (Å²) in [4.78, 5) is 12.6. The van der Waals surface area contributed by atoms with Gasteiger partial charge in [0, 0.05) is 18.4 Å². The molecule has 0 aliphatic carbocycles. The Morgan fingerprint density at radius 3 is 2.21 bits per heavy atom. The number of carbonyl (C=O) groups is 1. The minimum Gasteiger partial charge on any atom is -0.450 e. The molecule has 1 heterocycles. The summed E-state index contributed by atoms with van der Waals surface area (Å²) in [5.74, 6) is -0.677. The molecule has 2 aromatic rings. The number of ether oxygens (including phenoxy) is 3. The minimum atomic E-state index is -3.63. The fourth-order valence-electron chi connectivity index (χ4n) is 3.61. The molecule has 186 valence electrons. The molecule has 0 spiro atoms. The second-order valence-electron chi connectivity index (χ2n) is 7.46. The van der Waals surface area contributed by atoms with Gasteiger partial charge in [0.15, 0.2) is 18.6 Å². The minimum absolute atomic E-state index is 0.00273. The molecule has 34 heavy (non-hydrogen) atoms. The molecular weight excluding hydrogens is 482 g/mol. The normalized spacial score (nSPS) is 23.5. The van der Waals surface area contributed by atoms with Crippen LogP contribution in [-0.4, -0.2) is 56.0 Å². The molecule has 7 nitrogen and oxygen atoms in total. The zero-order chi connectivity index (χ0) is 24.6. The van der Waals surface area contributed by atoms with Gasteiger partial charge in [-0.05, 0) is 38.1 Å². The van der Waals surface area contributed by atoms with Crippen LogP contribution in [0.4, 0.5) is 4.39 Å². The number of thioether (sulfide) groups is 1. The van der Waals surface area contributed by atoms with Gasteiger partial charge in [-0.15, -0.1) is 11.8 Å². The van der Waals surface area contributed by atoms with E-state index in [9.17, 15) is 9.36 Å². The van der Waals surface area contributed by atoms with Gasteiger partial charge in [-0.25, -0.2) is 9.18 Å². The molecule has 1 unspecified atom stereocenters. The Bertz CT molecular complexity index is 939. The number of hydrogen-bond acceptors (Lipinski definition) is 8. The highest BCUT2D eigenvalue weighted by Crippen LogP contribution is 2.60. The second-order valence-corrected chi connectivity index (χ2v) is 11.3. The van der Waals surface area contributed by atoms with Crippen LogP contribution < -0.4 is 0 Å². The van der Waals surface area contributed by atoms with E-state index in [1.165, 1.54) is 18.9 Å². The Morgan fingerprint density at radius 1 is 1.06 bits per heavy atom. The first-order valence-corrected chi connectivity index (χ1v) is 13.6. The molecule has 0 N–H and O–H groups in total. The zero-order valence-electron chi connectivity index (χ0n) is 19.4. The van der Waals surface area contributed by atoms with E-state index in [2.05, 4.69) is 0 Å². The monoisotopic (exact) mass is 512 g/mol. The third-order valence-corrected chi connectivity index (χ3v) is 9.40. The van der Waals surface area contributed by atoms with Crippen molar-refractivity contribution < 1.29 is 37.0 Å². The van der Waals surface area contributed by atoms with Gasteiger partial charge in [0.25, 0.3) is 0 Å². The SMILES string of the molecule is CCOP(=O)(OCC)C(C[C@H]1O[C@H](OC)[C@H](OC(=O)c2ccccc2)[C@@H]1F)Sc1ccccc1. The molecule has 0 saturated carbocycles. The van der Waals surface area contributed by atoms with Gasteiger partial charge in [0.05, 0.1) is 24.9 Å². The molecule has 2 aromatic carbocycles. The predicted molar refractivity (Wildman–Crippen MR) is 128 cm³/mol. The van der Waals surface area contributed by atoms with Crippen LogP contribution in [0.15, 0.2) is 65.6 Å². The van der Waals surface area contributed by atoms with Crippen LogP contribution in [0.1, 0.15) is 30.6 Å². The van der Waals surface area contributed by atoms with E-state index >= 15 is 4.39 Å². The highest BCUT2D eigenvalue weighted by molar-refractivity contribution is 8.05. The first-order valence-electron chi connectivity index (χ1n) is 11.1. The molecule has 0 amide bonds. The summed E-state index contributed by atoms with van der Waals surface area (Å²) in [7, 11) is -2.28. The molecule has 0 bridgehead atoms. The van der Waals surface area contributed by atoms with Gasteiger partial charge >= 0.3 is 13.6 Å². The van der Waals surface area contributed by atoms with Crippen LogP contribution in [0.25, 0.3) is 0 Å². The maximum Gasteiger partial charge on any atom is 0.343 e. The van der Waals surface area contributed by atoms with E-state index < -0.39 is 43.2 Å². The molecule has 3 rings (SSSR count). The summed E-state index contributed by atoms with van der Waals surface area (Å²) in [6.07, 6.45) is -5.13. The maximum atomic E-state index is 15.6. The lowest BCUT2D eigenvalue weighted by Gasteiger charge is -2.28. The predicted octanol–water partition coefficient (Wildman–Crippen LogP) is 5.70. The van der Waals surface area contributed by atoms with Crippen molar-refractivity contribution in [3.63, 3.8) is 0 Å². The van der Waals surface area contributed by atoms with Gasteiger partial charge in [0.1, 0.15) is 4.99 Å². The fourth-order valence-corrected chi connectivity index (χ4v) is 7.36. The number of alkyl halides is 1. The average molecular weight is 513 g/mol. The Kier molecular flexibility index (Phi) is 10.1. The topological polar surface area (TPSA) is 80.3 Å². The number of hydrogen-bond donors (Lipinski definition) is 0. The summed E-state index contributed by atoms with van der Waals surface area (Å²) in [5.41, 5.74) is 0.294. The highest BCUT2D eigenvalue weighted by atomic mass is 32.2. The van der Waals surface area contributed by atoms with E-state index in [0.717, 1.165) is 4.90 Å². The van der Waals surface area contributed by atoms with E-state index in [0.29, 0.717) is 5.56 Å². The van der Waals surface area contributed by atoms with Crippen LogP contribution in [-0.2, 0) is 27.8 Å². The molecule has 5 atom stereocenters. The standard InChI is InChI=1S/C24H30FO7PS/c1-4-29-33(27,30-5-2)20(34-18-14-10-7-11-15-18)16-19-21(25)22(24(28-3)31-19)32-23(26)17-12-8-6-9-13-17/h6-15,19-22,24H,4-5,16H2,1-3H3/t19-,20?,21-,22-,24+/m1/s1. The van der Waals surface area contributed by atoms with Crippen molar-refractivity contribution in [2.24, 2.45) is 0 Å². The Balaban J connectivity index is 1.80. The van der Waals surface area contributed by atoms with E-state index in [1.807, 2.05) is 30.3 Å². The first-order chi connectivity index (χ1) is 16.4. The number of carbonyl (C=O) groups excluding carboxylic acids is 1. The van der Waals surface area contributed by atoms with Crippen molar-refractivity contribution in [2.75, 3.05) is 20.3 Å². The van der Waals surface area contributed by atoms with Crippen molar-refractivity contribution in [3.05, 3.63) is 66.2 Å². The number of methoxy groups -OCH3 is 1. The quantitative estimate of drug-likeness (QED) is 0.204. The third kappa shape index (κ3) is 6.68. The average Bonchev–Trinajstić information content (AvgIpc) is 3.14. The van der Waals surface area contributed by atoms with Crippen molar-refractivity contribution in [3.8, 4) is 0 Å². The Morgan fingerprint density at radius 2 is 1.65 bits per heavy atom. The van der Waals surface area contributed by atoms with E-state index in [-0.39, 0.29) is 19.6 Å². The van der Waals surface area contributed by atoms with Crippen LogP contribution in [0, 0.1) is 0 Å². The molecule has 1 fully saturated rings. The summed E-state index contributed by atoms with van der Waals surface area (Å²) in [6.45, 7) is 3.79. The number of rotatable bonds is 12. The second kappa shape index (κ2) is 12.8. The summed E-state index contributed by atoms with van der Waals surface area (Å²) in [6, 6.07) is 17.6. The lowest BCUT2D eigenvalue weighted by molar-refractivity contribution is -0.150. The van der Waals surface area contributed by atoms with Gasteiger partial charge in [-0.3, -0.25) is 4.57 Å². The summed E-state index contributed by atoms with van der Waals surface area (Å²) < 4.78 is 56.8. The highest BCUT2D eigenvalue weighted by Gasteiger charge is 2.51. The first kappa shape index (κ1) is 26.9. The van der Waals surface area contributed by atoms with Gasteiger partial charge < -0.3 is 23.3 Å². The van der Waals surface area contributed by atoms with Crippen LogP contribution >= 0.6 is 19.4 Å². The van der Waals surface area contributed by atoms with Crippen LogP contribution in [0.3, 0.4) is 0 Å². The van der Waals surface area contributed by atoms with Crippen molar-refractivity contribution in [1.29, 1.82) is 0 Å². The Hall–Kier alpha value is -1.74. The third-order valence-electron chi connectivity index (χ3n) is 5.15. The number of halogens is 1. The van der Waals surface area contributed by atoms with Crippen molar-refractivity contribution >= 4 is 25.3 Å². The molecule has 1 aliphatic rings. The van der Waals surface area contributed by atoms with Gasteiger partial charge in [-0.2, -0.15) is 0 Å². The van der Waals surface area contributed by atoms with Crippen molar-refractivity contribution in [1.82, 2.24) is 0 Å². The van der Waals surface area contributed by atoms with Gasteiger partial charge in [-0.1, -0.05) is 36.4 Å². The Labute approximate surface area is 203 Å².